The number of benzene rings is 2. The monoisotopic (exact) mass is 484 g/mol. The van der Waals surface area contributed by atoms with Crippen LogP contribution in [0, 0.1) is 0 Å². The summed E-state index contributed by atoms with van der Waals surface area (Å²) < 4.78 is 0. The second-order valence-electron chi connectivity index (χ2n) is 8.62. The number of carbonyl (C=O) groups is 2. The SMILES string of the molecule is CCCCCCCNC(=O)N(CCCC)c1cccc(Sc2ccc(C(CC)C(=O)O)cc2)c1. The van der Waals surface area contributed by atoms with Gasteiger partial charge in [-0.15, -0.1) is 0 Å². The molecule has 2 aromatic rings. The lowest BCUT2D eigenvalue weighted by Gasteiger charge is -2.24. The second kappa shape index (κ2) is 15.4. The molecule has 5 nitrogen and oxygen atoms in total. The Hall–Kier alpha value is -2.47. The number of anilines is 1. The van der Waals surface area contributed by atoms with Crippen LogP contribution in [0.25, 0.3) is 0 Å². The van der Waals surface area contributed by atoms with E-state index in [2.05, 4.69) is 25.2 Å². The van der Waals surface area contributed by atoms with E-state index in [9.17, 15) is 14.7 Å². The summed E-state index contributed by atoms with van der Waals surface area (Å²) in [5.74, 6) is -1.26. The van der Waals surface area contributed by atoms with Crippen molar-refractivity contribution in [2.75, 3.05) is 18.0 Å². The first-order valence-corrected chi connectivity index (χ1v) is 13.5. The summed E-state index contributed by atoms with van der Waals surface area (Å²) in [5.41, 5.74) is 1.72. The van der Waals surface area contributed by atoms with Crippen LogP contribution in [-0.2, 0) is 4.79 Å². The van der Waals surface area contributed by atoms with E-state index in [0.29, 0.717) is 19.5 Å². The van der Waals surface area contributed by atoms with Gasteiger partial charge in [-0.05, 0) is 55.2 Å². The minimum Gasteiger partial charge on any atom is -0.481 e. The minimum absolute atomic E-state index is 0.0327. The third kappa shape index (κ3) is 9.05. The van der Waals surface area contributed by atoms with Gasteiger partial charge >= 0.3 is 12.0 Å². The summed E-state index contributed by atoms with van der Waals surface area (Å²) in [5, 5.41) is 12.5. The Morgan fingerprint density at radius 3 is 2.26 bits per heavy atom. The fraction of sp³-hybridized carbons (Fsp3) is 0.500. The van der Waals surface area contributed by atoms with Crippen molar-refractivity contribution in [3.8, 4) is 0 Å². The summed E-state index contributed by atoms with van der Waals surface area (Å²) in [6.45, 7) is 7.62. The molecule has 0 saturated carbocycles. The average Bonchev–Trinajstić information content (AvgIpc) is 2.83. The van der Waals surface area contributed by atoms with Crippen molar-refractivity contribution in [1.29, 1.82) is 0 Å². The normalized spacial score (nSPS) is 11.7. The van der Waals surface area contributed by atoms with Gasteiger partial charge in [0.15, 0.2) is 0 Å². The number of nitrogens with one attached hydrogen (secondary N) is 1. The van der Waals surface area contributed by atoms with Gasteiger partial charge in [-0.3, -0.25) is 9.69 Å². The summed E-state index contributed by atoms with van der Waals surface area (Å²) in [6, 6.07) is 15.8. The molecule has 0 aliphatic carbocycles. The van der Waals surface area contributed by atoms with Crippen molar-refractivity contribution in [3.05, 3.63) is 54.1 Å². The van der Waals surface area contributed by atoms with Crippen LogP contribution in [0.2, 0.25) is 0 Å². The van der Waals surface area contributed by atoms with E-state index >= 15 is 0 Å². The lowest BCUT2D eigenvalue weighted by Crippen LogP contribution is -2.41. The maximum atomic E-state index is 13.0. The van der Waals surface area contributed by atoms with Crippen LogP contribution in [0.3, 0.4) is 0 Å². The van der Waals surface area contributed by atoms with Gasteiger partial charge in [0.05, 0.1) is 5.92 Å². The fourth-order valence-electron chi connectivity index (χ4n) is 3.86. The Morgan fingerprint density at radius 1 is 0.912 bits per heavy atom. The zero-order valence-electron chi connectivity index (χ0n) is 20.9. The molecule has 34 heavy (non-hydrogen) atoms. The number of amides is 2. The third-order valence-electron chi connectivity index (χ3n) is 5.89. The van der Waals surface area contributed by atoms with Crippen molar-refractivity contribution >= 4 is 29.4 Å². The van der Waals surface area contributed by atoms with Crippen LogP contribution in [0.5, 0.6) is 0 Å². The molecule has 0 aromatic heterocycles. The van der Waals surface area contributed by atoms with E-state index in [1.807, 2.05) is 54.3 Å². The van der Waals surface area contributed by atoms with Gasteiger partial charge in [-0.25, -0.2) is 4.79 Å². The Labute approximate surface area is 209 Å². The number of aliphatic carboxylic acids is 1. The lowest BCUT2D eigenvalue weighted by atomic mass is 9.97. The van der Waals surface area contributed by atoms with Crippen LogP contribution in [0.4, 0.5) is 10.5 Å². The van der Waals surface area contributed by atoms with Gasteiger partial charge < -0.3 is 10.4 Å². The zero-order chi connectivity index (χ0) is 24.8. The molecule has 2 N–H and O–H groups in total. The molecule has 2 amide bonds. The molecule has 1 atom stereocenters. The van der Waals surface area contributed by atoms with E-state index in [0.717, 1.165) is 46.7 Å². The summed E-state index contributed by atoms with van der Waals surface area (Å²) >= 11 is 1.61. The molecule has 186 valence electrons. The van der Waals surface area contributed by atoms with Crippen LogP contribution in [0.15, 0.2) is 58.3 Å². The van der Waals surface area contributed by atoms with E-state index in [-0.39, 0.29) is 6.03 Å². The standard InChI is InChI=1S/C28H40N2O3S/c1-4-7-9-10-11-19-29-28(33)30(20-8-5-2)23-13-12-14-25(21-23)34-24-17-15-22(16-18-24)26(6-3)27(31)32/h12-18,21,26H,4-11,19-20H2,1-3H3,(H,29,33)(H,31,32). The fourth-order valence-corrected chi connectivity index (χ4v) is 4.73. The van der Waals surface area contributed by atoms with Gasteiger partial charge in [0.2, 0.25) is 0 Å². The Morgan fingerprint density at radius 2 is 1.62 bits per heavy atom. The number of unbranched alkanes of at least 4 members (excludes halogenated alkanes) is 5. The average molecular weight is 485 g/mol. The molecule has 0 spiro atoms. The first-order chi connectivity index (χ1) is 16.5. The molecule has 0 aliphatic heterocycles. The number of carbonyl (C=O) groups excluding carboxylic acids is 1. The summed E-state index contributed by atoms with van der Waals surface area (Å²) in [7, 11) is 0. The van der Waals surface area contributed by atoms with E-state index in [1.54, 1.807) is 11.8 Å². The smallest absolute Gasteiger partial charge is 0.321 e. The Kier molecular flexibility index (Phi) is 12.6. The van der Waals surface area contributed by atoms with E-state index in [4.69, 9.17) is 0 Å². The molecule has 2 rings (SSSR count). The maximum Gasteiger partial charge on any atom is 0.321 e. The lowest BCUT2D eigenvalue weighted by molar-refractivity contribution is -0.138. The number of hydrogen-bond acceptors (Lipinski definition) is 3. The highest BCUT2D eigenvalue weighted by Gasteiger charge is 2.18. The molecular weight excluding hydrogens is 444 g/mol. The van der Waals surface area contributed by atoms with Crippen molar-refractivity contribution in [2.45, 2.75) is 87.8 Å². The first-order valence-electron chi connectivity index (χ1n) is 12.7. The Bertz CT molecular complexity index is 885. The number of carboxylic acids is 1. The summed E-state index contributed by atoms with van der Waals surface area (Å²) in [4.78, 5) is 28.3. The van der Waals surface area contributed by atoms with Crippen molar-refractivity contribution in [3.63, 3.8) is 0 Å². The Balaban J connectivity index is 2.05. The zero-order valence-corrected chi connectivity index (χ0v) is 21.7. The number of rotatable bonds is 15. The van der Waals surface area contributed by atoms with Gasteiger partial charge in [0.1, 0.15) is 0 Å². The number of nitrogens with zero attached hydrogens (tertiary/aromatic N) is 1. The molecule has 0 radical (unpaired) electrons. The van der Waals surface area contributed by atoms with Crippen molar-refractivity contribution in [2.24, 2.45) is 0 Å². The van der Waals surface area contributed by atoms with Crippen LogP contribution in [-0.4, -0.2) is 30.2 Å². The quantitative estimate of drug-likeness (QED) is 0.254. The van der Waals surface area contributed by atoms with Crippen LogP contribution >= 0.6 is 11.8 Å². The maximum absolute atomic E-state index is 13.0. The molecular formula is C28H40N2O3S. The van der Waals surface area contributed by atoms with Crippen LogP contribution < -0.4 is 10.2 Å². The van der Waals surface area contributed by atoms with Gasteiger partial charge in [-0.1, -0.05) is 82.8 Å². The molecule has 2 aromatic carbocycles. The van der Waals surface area contributed by atoms with E-state index in [1.165, 1.54) is 19.3 Å². The third-order valence-corrected chi connectivity index (χ3v) is 6.89. The molecule has 0 bridgehead atoms. The predicted octanol–water partition coefficient (Wildman–Crippen LogP) is 7.70. The molecule has 0 saturated heterocycles. The molecule has 1 unspecified atom stereocenters. The number of carboxylic acid groups (broad SMARTS) is 1. The molecule has 6 heteroatoms. The van der Waals surface area contributed by atoms with Crippen molar-refractivity contribution in [1.82, 2.24) is 5.32 Å². The number of hydrogen-bond donors (Lipinski definition) is 2. The van der Waals surface area contributed by atoms with Gasteiger partial charge in [-0.2, -0.15) is 0 Å². The molecule has 0 heterocycles. The minimum atomic E-state index is -0.790. The van der Waals surface area contributed by atoms with Crippen molar-refractivity contribution < 1.29 is 14.7 Å². The van der Waals surface area contributed by atoms with Gasteiger partial charge in [0.25, 0.3) is 0 Å². The first kappa shape index (κ1) is 27.8. The summed E-state index contributed by atoms with van der Waals surface area (Å²) in [6.07, 6.45) is 8.40. The highest BCUT2D eigenvalue weighted by molar-refractivity contribution is 7.99. The highest BCUT2D eigenvalue weighted by atomic mass is 32.2. The molecule has 0 aliphatic rings. The molecule has 0 fully saturated rings. The second-order valence-corrected chi connectivity index (χ2v) is 9.77. The van der Waals surface area contributed by atoms with Crippen LogP contribution in [0.1, 0.15) is 83.6 Å². The van der Waals surface area contributed by atoms with E-state index < -0.39 is 11.9 Å². The number of urea groups is 1. The largest absolute Gasteiger partial charge is 0.481 e. The van der Waals surface area contributed by atoms with Gasteiger partial charge in [0, 0.05) is 28.6 Å². The predicted molar refractivity (Wildman–Crippen MR) is 142 cm³/mol. The topological polar surface area (TPSA) is 69.6 Å². The highest BCUT2D eigenvalue weighted by Crippen LogP contribution is 2.32.